The van der Waals surface area contributed by atoms with Crippen LogP contribution >= 0.6 is 0 Å². The summed E-state index contributed by atoms with van der Waals surface area (Å²) in [5.41, 5.74) is 0.958. The number of fused-ring (bicyclic) bond motifs is 1. The van der Waals surface area contributed by atoms with E-state index in [9.17, 15) is 4.79 Å². The number of H-pyrrole nitrogens is 1. The Kier molecular flexibility index (Phi) is 3.66. The number of nitrogens with zero attached hydrogens (tertiary/aromatic N) is 3. The van der Waals surface area contributed by atoms with Gasteiger partial charge in [0.25, 0.3) is 0 Å². The number of carbonyl (C=O) groups is 1. The second-order valence-corrected chi connectivity index (χ2v) is 6.17. The van der Waals surface area contributed by atoms with Gasteiger partial charge in [0, 0.05) is 6.20 Å². The monoisotopic (exact) mass is 303 g/mol. The number of ether oxygens (including phenoxy) is 2. The molecule has 2 aromatic heterocycles. The van der Waals surface area contributed by atoms with E-state index in [0.717, 1.165) is 5.52 Å². The van der Waals surface area contributed by atoms with E-state index in [1.54, 1.807) is 17.7 Å². The van der Waals surface area contributed by atoms with Crippen molar-refractivity contribution in [1.29, 1.82) is 0 Å². The van der Waals surface area contributed by atoms with Gasteiger partial charge in [-0.05, 0) is 32.9 Å². The second-order valence-electron chi connectivity index (χ2n) is 6.17. The fourth-order valence-electron chi connectivity index (χ4n) is 2.21. The molecule has 1 fully saturated rings. The topological polar surface area (TPSA) is 80.3 Å². The number of hydrogen-bond donors (Lipinski definition) is 1. The Morgan fingerprint density at radius 1 is 1.55 bits per heavy atom. The number of amides is 1. The molecule has 2 aromatic rings. The zero-order valence-corrected chi connectivity index (χ0v) is 12.9. The summed E-state index contributed by atoms with van der Waals surface area (Å²) in [7, 11) is 0. The molecule has 1 atom stereocenters. The lowest BCUT2D eigenvalue weighted by atomic mass is 10.2. The molecule has 3 heterocycles. The molecule has 0 saturated carbocycles. The van der Waals surface area contributed by atoms with Crippen LogP contribution in [0.5, 0.6) is 0 Å². The SMILES string of the molecule is CC(C)(C)OC(=O)N1C[CH+]O[C@H](c2nc3ncccc3[nH]2)C1. The highest BCUT2D eigenvalue weighted by Crippen LogP contribution is 2.24. The normalized spacial score (nSPS) is 19.0. The summed E-state index contributed by atoms with van der Waals surface area (Å²) in [5.74, 6) is 0.651. The first-order chi connectivity index (χ1) is 10.4. The van der Waals surface area contributed by atoms with Crippen molar-refractivity contribution in [1.82, 2.24) is 19.9 Å². The minimum Gasteiger partial charge on any atom is -0.444 e. The van der Waals surface area contributed by atoms with Crippen molar-refractivity contribution in [3.8, 4) is 0 Å². The number of aromatic nitrogens is 3. The van der Waals surface area contributed by atoms with E-state index in [1.165, 1.54) is 0 Å². The molecule has 1 amide bonds. The molecule has 0 spiro atoms. The van der Waals surface area contributed by atoms with Crippen molar-refractivity contribution in [2.75, 3.05) is 13.1 Å². The van der Waals surface area contributed by atoms with Crippen molar-refractivity contribution in [3.05, 3.63) is 30.8 Å². The van der Waals surface area contributed by atoms with Gasteiger partial charge in [-0.2, -0.15) is 4.74 Å². The first-order valence-electron chi connectivity index (χ1n) is 7.18. The maximum atomic E-state index is 12.1. The van der Waals surface area contributed by atoms with E-state index in [4.69, 9.17) is 9.47 Å². The van der Waals surface area contributed by atoms with Crippen molar-refractivity contribution < 1.29 is 14.3 Å². The summed E-state index contributed by atoms with van der Waals surface area (Å²) >= 11 is 0. The van der Waals surface area contributed by atoms with Gasteiger partial charge in [-0.25, -0.2) is 14.8 Å². The largest absolute Gasteiger partial charge is 0.444 e. The third-order valence-electron chi connectivity index (χ3n) is 3.17. The van der Waals surface area contributed by atoms with Crippen LogP contribution in [0.2, 0.25) is 0 Å². The molecular weight excluding hydrogens is 284 g/mol. The smallest absolute Gasteiger partial charge is 0.413 e. The third-order valence-corrected chi connectivity index (χ3v) is 3.17. The van der Waals surface area contributed by atoms with Gasteiger partial charge < -0.3 is 9.72 Å². The molecule has 0 radical (unpaired) electrons. The van der Waals surface area contributed by atoms with Crippen molar-refractivity contribution in [3.63, 3.8) is 0 Å². The van der Waals surface area contributed by atoms with Crippen molar-refractivity contribution in [2.24, 2.45) is 0 Å². The van der Waals surface area contributed by atoms with Crippen LogP contribution in [0.1, 0.15) is 32.7 Å². The molecular formula is C15H19N4O3+. The summed E-state index contributed by atoms with van der Waals surface area (Å²) in [6.07, 6.45) is 0.982. The Morgan fingerprint density at radius 2 is 2.36 bits per heavy atom. The van der Waals surface area contributed by atoms with Gasteiger partial charge in [-0.1, -0.05) is 0 Å². The molecule has 3 rings (SSSR count). The summed E-state index contributed by atoms with van der Waals surface area (Å²) < 4.78 is 11.0. The molecule has 1 saturated heterocycles. The van der Waals surface area contributed by atoms with E-state index in [0.29, 0.717) is 24.6 Å². The van der Waals surface area contributed by atoms with E-state index in [-0.39, 0.29) is 12.2 Å². The molecule has 7 heteroatoms. The lowest BCUT2D eigenvalue weighted by molar-refractivity contribution is -0.0194. The molecule has 0 aromatic carbocycles. The number of morpholine rings is 1. The zero-order valence-electron chi connectivity index (χ0n) is 12.9. The van der Waals surface area contributed by atoms with Gasteiger partial charge in [0.15, 0.2) is 18.3 Å². The van der Waals surface area contributed by atoms with Gasteiger partial charge in [-0.3, -0.25) is 4.90 Å². The Labute approximate surface area is 128 Å². The number of pyridine rings is 1. The lowest BCUT2D eigenvalue weighted by Gasteiger charge is -2.28. The van der Waals surface area contributed by atoms with Gasteiger partial charge in [0.2, 0.25) is 6.61 Å². The minimum atomic E-state index is -0.520. The van der Waals surface area contributed by atoms with E-state index in [1.807, 2.05) is 32.9 Å². The van der Waals surface area contributed by atoms with E-state index >= 15 is 0 Å². The molecule has 116 valence electrons. The number of rotatable bonds is 1. The Balaban J connectivity index is 1.74. The van der Waals surface area contributed by atoms with Crippen LogP contribution in [0.4, 0.5) is 4.79 Å². The molecule has 7 nitrogen and oxygen atoms in total. The Morgan fingerprint density at radius 3 is 3.09 bits per heavy atom. The lowest BCUT2D eigenvalue weighted by Crippen LogP contribution is -2.43. The average Bonchev–Trinajstić information content (AvgIpc) is 2.89. The molecule has 22 heavy (non-hydrogen) atoms. The number of carbonyl (C=O) groups excluding carboxylic acids is 1. The van der Waals surface area contributed by atoms with Crippen LogP contribution in [-0.4, -0.2) is 44.6 Å². The summed E-state index contributed by atoms with van der Waals surface area (Å²) in [6, 6.07) is 3.74. The molecule has 0 aliphatic carbocycles. The third kappa shape index (κ3) is 3.14. The molecule has 0 unspecified atom stereocenters. The Hall–Kier alpha value is -2.28. The highest BCUT2D eigenvalue weighted by Gasteiger charge is 2.35. The molecule has 1 aliphatic rings. The predicted molar refractivity (Wildman–Crippen MR) is 79.8 cm³/mol. The standard InChI is InChI=1S/C15H19N4O3/c1-15(2,3)22-14(20)19-7-8-21-11(9-19)13-17-10-5-4-6-16-12(10)18-13/h4-6,8,11H,7,9H2,1-3H3,(H,16,17,18)/q+1/t11-/m0/s1. The number of imidazole rings is 1. The fourth-order valence-corrected chi connectivity index (χ4v) is 2.21. The Bertz CT molecular complexity index is 644. The first-order valence-corrected chi connectivity index (χ1v) is 7.18. The maximum absolute atomic E-state index is 12.1. The van der Waals surface area contributed by atoms with Crippen LogP contribution in [0, 0.1) is 6.61 Å². The number of aromatic amines is 1. The number of hydrogen-bond acceptors (Lipinski definition) is 5. The first kappa shape index (κ1) is 14.6. The van der Waals surface area contributed by atoms with Crippen molar-refractivity contribution >= 4 is 17.3 Å². The summed E-state index contributed by atoms with van der Waals surface area (Å²) in [6.45, 7) is 7.90. The summed E-state index contributed by atoms with van der Waals surface area (Å²) in [5, 5.41) is 0. The minimum absolute atomic E-state index is 0.351. The molecule has 1 N–H and O–H groups in total. The van der Waals surface area contributed by atoms with Crippen LogP contribution < -0.4 is 0 Å². The highest BCUT2D eigenvalue weighted by atomic mass is 16.6. The van der Waals surface area contributed by atoms with Gasteiger partial charge in [0.05, 0.1) is 12.1 Å². The van der Waals surface area contributed by atoms with Gasteiger partial charge >= 0.3 is 6.09 Å². The predicted octanol–water partition coefficient (Wildman–Crippen LogP) is 2.43. The highest BCUT2D eigenvalue weighted by molar-refractivity contribution is 5.70. The zero-order chi connectivity index (χ0) is 15.7. The average molecular weight is 303 g/mol. The van der Waals surface area contributed by atoms with Crippen LogP contribution in [0.15, 0.2) is 18.3 Å². The van der Waals surface area contributed by atoms with E-state index < -0.39 is 5.60 Å². The van der Waals surface area contributed by atoms with E-state index in [2.05, 4.69) is 15.0 Å². The summed E-state index contributed by atoms with van der Waals surface area (Å²) in [4.78, 5) is 25.5. The van der Waals surface area contributed by atoms with Crippen LogP contribution in [0.3, 0.4) is 0 Å². The van der Waals surface area contributed by atoms with Gasteiger partial charge in [-0.15, -0.1) is 0 Å². The second kappa shape index (κ2) is 5.49. The molecule has 0 bridgehead atoms. The van der Waals surface area contributed by atoms with Crippen LogP contribution in [-0.2, 0) is 9.47 Å². The van der Waals surface area contributed by atoms with Gasteiger partial charge in [0.1, 0.15) is 11.4 Å². The maximum Gasteiger partial charge on any atom is 0.413 e. The van der Waals surface area contributed by atoms with Crippen LogP contribution in [0.25, 0.3) is 11.2 Å². The quantitative estimate of drug-likeness (QED) is 0.818. The van der Waals surface area contributed by atoms with Crippen molar-refractivity contribution in [2.45, 2.75) is 32.5 Å². The molecule has 1 aliphatic heterocycles. The fraction of sp³-hybridized carbons (Fsp3) is 0.467. The number of nitrogens with one attached hydrogen (secondary N) is 1.